The molecule has 1 aromatic rings. The average Bonchev–Trinajstić information content (AvgIpc) is 2.74. The van der Waals surface area contributed by atoms with Crippen LogP contribution in [0.5, 0.6) is 0 Å². The van der Waals surface area contributed by atoms with E-state index in [0.717, 1.165) is 0 Å². The van der Waals surface area contributed by atoms with Crippen LogP contribution in [0, 0.1) is 0 Å². The van der Waals surface area contributed by atoms with Gasteiger partial charge in [-0.3, -0.25) is 4.79 Å². The summed E-state index contributed by atoms with van der Waals surface area (Å²) >= 11 is 1.26. The zero-order valence-corrected chi connectivity index (χ0v) is 10.9. The number of methoxy groups -OCH3 is 1. The van der Waals surface area contributed by atoms with E-state index in [2.05, 4.69) is 19.8 Å². The van der Waals surface area contributed by atoms with Crippen LogP contribution in [0.15, 0.2) is 5.38 Å². The van der Waals surface area contributed by atoms with E-state index >= 15 is 0 Å². The van der Waals surface area contributed by atoms with E-state index in [1.54, 1.807) is 5.38 Å². The largest absolute Gasteiger partial charge is 0.469 e. The number of nitrogens with one attached hydrogen (secondary N) is 1. The molecule has 0 aliphatic heterocycles. The second-order valence-corrected chi connectivity index (χ2v) is 4.35. The van der Waals surface area contributed by atoms with Crippen LogP contribution in [0.25, 0.3) is 0 Å². The van der Waals surface area contributed by atoms with Gasteiger partial charge in [0.25, 0.3) is 0 Å². The number of carbonyl (C=O) groups is 1. The number of aromatic nitrogens is 1. The number of hydrogen-bond acceptors (Lipinski definition) is 6. The quantitative estimate of drug-likeness (QED) is 0.615. The Balaban J connectivity index is 2.21. The Bertz CT molecular complexity index is 409. The molecule has 0 unspecified atom stereocenters. The van der Waals surface area contributed by atoms with Gasteiger partial charge in [0, 0.05) is 11.9 Å². The summed E-state index contributed by atoms with van der Waals surface area (Å²) in [5.74, 6) is -0.398. The minimum atomic E-state index is -4.31. The van der Waals surface area contributed by atoms with Crippen LogP contribution in [0.2, 0.25) is 0 Å². The monoisotopic (exact) mass is 298 g/mol. The first kappa shape index (κ1) is 15.7. The number of ether oxygens (including phenoxy) is 2. The highest BCUT2D eigenvalue weighted by molar-refractivity contribution is 7.13. The smallest absolute Gasteiger partial charge is 0.411 e. The molecule has 0 spiro atoms. The molecular weight excluding hydrogens is 285 g/mol. The van der Waals surface area contributed by atoms with Gasteiger partial charge < -0.3 is 14.8 Å². The Morgan fingerprint density at radius 2 is 2.26 bits per heavy atom. The molecule has 9 heteroatoms. The fourth-order valence-electron chi connectivity index (χ4n) is 1.11. The molecule has 0 aromatic carbocycles. The van der Waals surface area contributed by atoms with Gasteiger partial charge in [-0.2, -0.15) is 13.2 Å². The number of halogens is 3. The molecule has 0 fully saturated rings. The summed E-state index contributed by atoms with van der Waals surface area (Å²) in [7, 11) is 1.28. The molecule has 1 heterocycles. The minimum absolute atomic E-state index is 0.0687. The minimum Gasteiger partial charge on any atom is -0.469 e. The maximum absolute atomic E-state index is 11.8. The molecule has 1 N–H and O–H groups in total. The molecule has 0 aliphatic rings. The van der Waals surface area contributed by atoms with Gasteiger partial charge in [0.1, 0.15) is 6.61 Å². The predicted octanol–water partition coefficient (Wildman–Crippen LogP) is 1.85. The van der Waals surface area contributed by atoms with E-state index < -0.39 is 18.8 Å². The Morgan fingerprint density at radius 3 is 2.89 bits per heavy atom. The van der Waals surface area contributed by atoms with Gasteiger partial charge in [0.15, 0.2) is 5.13 Å². The normalized spacial score (nSPS) is 11.4. The molecule has 0 radical (unpaired) electrons. The summed E-state index contributed by atoms with van der Waals surface area (Å²) in [6.45, 7) is -1.13. The zero-order valence-electron chi connectivity index (χ0n) is 10.1. The molecule has 0 saturated heterocycles. The SMILES string of the molecule is COC(=O)Cc1csc(NCCOCC(F)(F)F)n1. The van der Waals surface area contributed by atoms with Crippen LogP contribution in [0.1, 0.15) is 5.69 Å². The predicted molar refractivity (Wildman–Crippen MR) is 63.2 cm³/mol. The molecule has 0 aliphatic carbocycles. The molecule has 0 saturated carbocycles. The maximum atomic E-state index is 11.8. The van der Waals surface area contributed by atoms with Crippen LogP contribution in [0.3, 0.4) is 0 Å². The van der Waals surface area contributed by atoms with Crippen molar-refractivity contribution in [1.82, 2.24) is 4.98 Å². The molecular formula is C10H13F3N2O3S. The van der Waals surface area contributed by atoms with Crippen molar-refractivity contribution in [2.24, 2.45) is 0 Å². The lowest BCUT2D eigenvalue weighted by Gasteiger charge is -2.07. The summed E-state index contributed by atoms with van der Waals surface area (Å²) in [5.41, 5.74) is 0.551. The number of esters is 1. The molecule has 0 bridgehead atoms. The summed E-state index contributed by atoms with van der Waals surface area (Å²) in [5, 5.41) is 5.00. The van der Waals surface area contributed by atoms with Crippen molar-refractivity contribution in [3.8, 4) is 0 Å². The Kier molecular flexibility index (Phi) is 6.03. The summed E-state index contributed by atoms with van der Waals surface area (Å²) < 4.78 is 44.2. The fraction of sp³-hybridized carbons (Fsp3) is 0.600. The molecule has 0 amide bonds. The fourth-order valence-corrected chi connectivity index (χ4v) is 1.85. The van der Waals surface area contributed by atoms with Gasteiger partial charge in [0.05, 0.1) is 25.8 Å². The first-order chi connectivity index (χ1) is 8.90. The molecule has 1 aromatic heterocycles. The van der Waals surface area contributed by atoms with Crippen molar-refractivity contribution < 1.29 is 27.4 Å². The van der Waals surface area contributed by atoms with Crippen LogP contribution >= 0.6 is 11.3 Å². The van der Waals surface area contributed by atoms with Crippen LogP contribution < -0.4 is 5.32 Å². The molecule has 19 heavy (non-hydrogen) atoms. The first-order valence-electron chi connectivity index (χ1n) is 5.30. The standard InChI is InChI=1S/C10H13F3N2O3S/c1-17-8(16)4-7-5-19-9(15-7)14-2-3-18-6-10(11,12)13/h5H,2-4,6H2,1H3,(H,14,15). The Hall–Kier alpha value is -1.35. The van der Waals surface area contributed by atoms with Crippen molar-refractivity contribution in [2.45, 2.75) is 12.6 Å². The number of rotatable bonds is 7. The average molecular weight is 298 g/mol. The van der Waals surface area contributed by atoms with Crippen LogP contribution in [-0.2, 0) is 20.7 Å². The summed E-state index contributed by atoms with van der Waals surface area (Å²) in [6, 6.07) is 0. The van der Waals surface area contributed by atoms with Crippen molar-refractivity contribution in [3.05, 3.63) is 11.1 Å². The Morgan fingerprint density at radius 1 is 1.53 bits per heavy atom. The third-order valence-electron chi connectivity index (χ3n) is 1.89. The lowest BCUT2D eigenvalue weighted by atomic mass is 10.3. The Labute approximate surface area is 111 Å². The number of nitrogens with zero attached hydrogens (tertiary/aromatic N) is 1. The van der Waals surface area contributed by atoms with Crippen molar-refractivity contribution in [3.63, 3.8) is 0 Å². The second kappa shape index (κ2) is 7.29. The van der Waals surface area contributed by atoms with Gasteiger partial charge in [-0.1, -0.05) is 0 Å². The first-order valence-corrected chi connectivity index (χ1v) is 6.18. The molecule has 1 rings (SSSR count). The third-order valence-corrected chi connectivity index (χ3v) is 2.74. The van der Waals surface area contributed by atoms with Gasteiger partial charge >= 0.3 is 12.1 Å². The number of alkyl halides is 3. The van der Waals surface area contributed by atoms with Gasteiger partial charge in [-0.25, -0.2) is 4.98 Å². The van der Waals surface area contributed by atoms with Crippen molar-refractivity contribution >= 4 is 22.4 Å². The highest BCUT2D eigenvalue weighted by Crippen LogP contribution is 2.16. The number of thiazole rings is 1. The molecule has 5 nitrogen and oxygen atoms in total. The van der Waals surface area contributed by atoms with E-state index in [4.69, 9.17) is 0 Å². The number of anilines is 1. The zero-order chi connectivity index (χ0) is 14.3. The number of carbonyl (C=O) groups excluding carboxylic acids is 1. The van der Waals surface area contributed by atoms with Crippen LogP contribution in [0.4, 0.5) is 18.3 Å². The number of hydrogen-bond donors (Lipinski definition) is 1. The molecule has 108 valence electrons. The lowest BCUT2D eigenvalue weighted by Crippen LogP contribution is -2.20. The van der Waals surface area contributed by atoms with E-state index in [1.807, 2.05) is 0 Å². The van der Waals surface area contributed by atoms with Gasteiger partial charge in [-0.05, 0) is 0 Å². The van der Waals surface area contributed by atoms with E-state index in [1.165, 1.54) is 18.4 Å². The van der Waals surface area contributed by atoms with Gasteiger partial charge in [-0.15, -0.1) is 11.3 Å². The van der Waals surface area contributed by atoms with Crippen molar-refractivity contribution in [1.29, 1.82) is 0 Å². The third kappa shape index (κ3) is 6.97. The summed E-state index contributed by atoms with van der Waals surface area (Å²) in [6.07, 6.45) is -4.24. The summed E-state index contributed by atoms with van der Waals surface area (Å²) in [4.78, 5) is 15.1. The highest BCUT2D eigenvalue weighted by Gasteiger charge is 2.27. The van der Waals surface area contributed by atoms with E-state index in [-0.39, 0.29) is 19.6 Å². The van der Waals surface area contributed by atoms with Gasteiger partial charge in [0.2, 0.25) is 0 Å². The van der Waals surface area contributed by atoms with Crippen molar-refractivity contribution in [2.75, 3.05) is 32.2 Å². The lowest BCUT2D eigenvalue weighted by molar-refractivity contribution is -0.172. The second-order valence-electron chi connectivity index (χ2n) is 3.49. The van der Waals surface area contributed by atoms with Crippen LogP contribution in [-0.4, -0.2) is 44.0 Å². The maximum Gasteiger partial charge on any atom is 0.411 e. The van der Waals surface area contributed by atoms with E-state index in [9.17, 15) is 18.0 Å². The topological polar surface area (TPSA) is 60.5 Å². The molecule has 0 atom stereocenters. The highest BCUT2D eigenvalue weighted by atomic mass is 32.1. The van der Waals surface area contributed by atoms with E-state index in [0.29, 0.717) is 10.8 Å².